The van der Waals surface area contributed by atoms with Crippen molar-refractivity contribution in [3.63, 3.8) is 0 Å². The standard InChI is InChI=1S/C10H7ClFN3O4/c11-4-3-5(12)6(8-7(4)18-1-2-19-8)15-9(16)13-14-10(15)17/h3H,1-2H2,(H,13,16)(H,14,17). The van der Waals surface area contributed by atoms with Crippen LogP contribution in [0.1, 0.15) is 0 Å². The van der Waals surface area contributed by atoms with Gasteiger partial charge in [0.15, 0.2) is 17.3 Å². The van der Waals surface area contributed by atoms with Crippen LogP contribution in [-0.4, -0.2) is 28.0 Å². The van der Waals surface area contributed by atoms with Crippen LogP contribution in [0.4, 0.5) is 4.39 Å². The van der Waals surface area contributed by atoms with Crippen LogP contribution in [0.3, 0.4) is 0 Å². The number of ether oxygens (including phenoxy) is 2. The fourth-order valence-electron chi connectivity index (χ4n) is 1.85. The second-order valence-corrected chi connectivity index (χ2v) is 4.15. The van der Waals surface area contributed by atoms with Gasteiger partial charge in [-0.1, -0.05) is 11.6 Å². The van der Waals surface area contributed by atoms with Crippen molar-refractivity contribution in [2.75, 3.05) is 13.2 Å². The zero-order valence-corrected chi connectivity index (χ0v) is 10.1. The molecule has 100 valence electrons. The highest BCUT2D eigenvalue weighted by Gasteiger charge is 2.26. The summed E-state index contributed by atoms with van der Waals surface area (Å²) >= 11 is 5.83. The van der Waals surface area contributed by atoms with Crippen LogP contribution in [0.2, 0.25) is 5.02 Å². The Morgan fingerprint density at radius 1 is 1.16 bits per heavy atom. The van der Waals surface area contributed by atoms with E-state index in [0.29, 0.717) is 4.57 Å². The second-order valence-electron chi connectivity index (χ2n) is 3.74. The first-order valence-electron chi connectivity index (χ1n) is 5.27. The summed E-state index contributed by atoms with van der Waals surface area (Å²) < 4.78 is 25.1. The molecular formula is C10H7ClFN3O4. The fourth-order valence-corrected chi connectivity index (χ4v) is 2.08. The molecule has 7 nitrogen and oxygen atoms in total. The molecular weight excluding hydrogens is 281 g/mol. The molecule has 1 aliphatic rings. The number of nitrogens with zero attached hydrogens (tertiary/aromatic N) is 1. The van der Waals surface area contributed by atoms with Crippen LogP contribution in [0, 0.1) is 5.82 Å². The maximum absolute atomic E-state index is 14.0. The monoisotopic (exact) mass is 287 g/mol. The molecule has 0 atom stereocenters. The number of H-pyrrole nitrogens is 2. The number of benzene rings is 1. The van der Waals surface area contributed by atoms with Crippen molar-refractivity contribution in [2.45, 2.75) is 0 Å². The van der Waals surface area contributed by atoms with E-state index < -0.39 is 17.2 Å². The number of hydrogen-bond donors (Lipinski definition) is 2. The summed E-state index contributed by atoms with van der Waals surface area (Å²) in [7, 11) is 0. The number of aromatic amines is 2. The molecule has 19 heavy (non-hydrogen) atoms. The highest BCUT2D eigenvalue weighted by atomic mass is 35.5. The minimum Gasteiger partial charge on any atom is -0.484 e. The van der Waals surface area contributed by atoms with Gasteiger partial charge >= 0.3 is 11.4 Å². The number of fused-ring (bicyclic) bond motifs is 1. The van der Waals surface area contributed by atoms with Crippen molar-refractivity contribution in [2.24, 2.45) is 0 Å². The Kier molecular flexibility index (Phi) is 2.59. The average Bonchev–Trinajstić information content (AvgIpc) is 2.71. The van der Waals surface area contributed by atoms with Gasteiger partial charge in [0.25, 0.3) is 0 Å². The minimum atomic E-state index is -0.860. The van der Waals surface area contributed by atoms with Crippen molar-refractivity contribution < 1.29 is 13.9 Å². The van der Waals surface area contributed by atoms with Crippen molar-refractivity contribution in [1.29, 1.82) is 0 Å². The van der Waals surface area contributed by atoms with E-state index in [0.717, 1.165) is 6.07 Å². The lowest BCUT2D eigenvalue weighted by atomic mass is 10.2. The van der Waals surface area contributed by atoms with Gasteiger partial charge in [-0.15, -0.1) is 0 Å². The first-order chi connectivity index (χ1) is 9.09. The Hall–Kier alpha value is -2.22. The summed E-state index contributed by atoms with van der Waals surface area (Å²) in [5.74, 6) is -0.818. The molecule has 0 unspecified atom stereocenters. The molecule has 1 aliphatic heterocycles. The summed E-state index contributed by atoms with van der Waals surface area (Å²) in [5.41, 5.74) is -1.96. The Bertz CT molecular complexity index is 736. The van der Waals surface area contributed by atoms with E-state index in [-0.39, 0.29) is 35.4 Å². The number of rotatable bonds is 1. The largest absolute Gasteiger partial charge is 0.484 e. The molecule has 9 heteroatoms. The first-order valence-corrected chi connectivity index (χ1v) is 5.65. The third kappa shape index (κ3) is 1.72. The van der Waals surface area contributed by atoms with E-state index in [1.807, 2.05) is 0 Å². The van der Waals surface area contributed by atoms with Gasteiger partial charge in [0, 0.05) is 0 Å². The molecule has 2 heterocycles. The Morgan fingerprint density at radius 3 is 2.37 bits per heavy atom. The van der Waals surface area contributed by atoms with Gasteiger partial charge in [-0.25, -0.2) is 28.7 Å². The van der Waals surface area contributed by atoms with Crippen LogP contribution in [-0.2, 0) is 0 Å². The van der Waals surface area contributed by atoms with Gasteiger partial charge in [-0.05, 0) is 6.07 Å². The molecule has 1 aromatic carbocycles. The third-order valence-electron chi connectivity index (χ3n) is 2.60. The normalized spacial score (nSPS) is 13.6. The summed E-state index contributed by atoms with van der Waals surface area (Å²) in [5, 5.41) is 4.13. The van der Waals surface area contributed by atoms with Gasteiger partial charge < -0.3 is 9.47 Å². The van der Waals surface area contributed by atoms with Gasteiger partial charge in [0.2, 0.25) is 0 Å². The van der Waals surface area contributed by atoms with E-state index in [2.05, 4.69) is 10.2 Å². The fraction of sp³-hybridized carbons (Fsp3) is 0.200. The molecule has 2 aromatic rings. The molecule has 0 amide bonds. The van der Waals surface area contributed by atoms with E-state index in [1.54, 1.807) is 0 Å². The SMILES string of the molecule is O=c1[nH][nH]c(=O)n1-c1c(F)cc(Cl)c2c1OCCO2. The van der Waals surface area contributed by atoms with Gasteiger partial charge in [0.05, 0.1) is 5.02 Å². The lowest BCUT2D eigenvalue weighted by Crippen LogP contribution is -2.28. The molecule has 2 N–H and O–H groups in total. The number of nitrogens with one attached hydrogen (secondary N) is 2. The number of aromatic nitrogens is 3. The number of halogens is 2. The van der Waals surface area contributed by atoms with Crippen molar-refractivity contribution in [3.8, 4) is 17.2 Å². The Morgan fingerprint density at radius 2 is 1.74 bits per heavy atom. The van der Waals surface area contributed by atoms with Crippen molar-refractivity contribution >= 4 is 11.6 Å². The second kappa shape index (κ2) is 4.16. The predicted octanol–water partition coefficient (Wildman–Crippen LogP) is 0.418. The zero-order chi connectivity index (χ0) is 13.6. The Balaban J connectivity index is 2.39. The maximum Gasteiger partial charge on any atom is 0.349 e. The third-order valence-corrected chi connectivity index (χ3v) is 2.88. The highest BCUT2D eigenvalue weighted by molar-refractivity contribution is 6.32. The number of hydrogen-bond acceptors (Lipinski definition) is 4. The van der Waals surface area contributed by atoms with Gasteiger partial charge in [0.1, 0.15) is 18.9 Å². The predicted molar refractivity (Wildman–Crippen MR) is 63.0 cm³/mol. The Labute approximate surface area is 109 Å². The van der Waals surface area contributed by atoms with Crippen LogP contribution < -0.4 is 20.9 Å². The van der Waals surface area contributed by atoms with Gasteiger partial charge in [-0.3, -0.25) is 0 Å². The topological polar surface area (TPSA) is 89.1 Å². The molecule has 0 spiro atoms. The summed E-state index contributed by atoms with van der Waals surface area (Å²) in [4.78, 5) is 23.1. The zero-order valence-electron chi connectivity index (χ0n) is 9.33. The molecule has 0 saturated heterocycles. The molecule has 1 aromatic heterocycles. The lowest BCUT2D eigenvalue weighted by molar-refractivity contribution is 0.170. The maximum atomic E-state index is 14.0. The summed E-state index contributed by atoms with van der Waals surface area (Å²) in [6.07, 6.45) is 0. The minimum absolute atomic E-state index is 0.0102. The van der Waals surface area contributed by atoms with Crippen LogP contribution in [0.5, 0.6) is 11.5 Å². The average molecular weight is 288 g/mol. The summed E-state index contributed by atoms with van der Waals surface area (Å²) in [6.45, 7) is 0.410. The smallest absolute Gasteiger partial charge is 0.349 e. The van der Waals surface area contributed by atoms with E-state index in [4.69, 9.17) is 21.1 Å². The van der Waals surface area contributed by atoms with Crippen molar-refractivity contribution in [1.82, 2.24) is 14.8 Å². The van der Waals surface area contributed by atoms with Crippen LogP contribution >= 0.6 is 11.6 Å². The van der Waals surface area contributed by atoms with E-state index in [1.165, 1.54) is 0 Å². The van der Waals surface area contributed by atoms with Crippen LogP contribution in [0.25, 0.3) is 5.69 Å². The molecule has 3 rings (SSSR count). The van der Waals surface area contributed by atoms with Crippen LogP contribution in [0.15, 0.2) is 15.7 Å². The molecule has 0 fully saturated rings. The van der Waals surface area contributed by atoms with Gasteiger partial charge in [-0.2, -0.15) is 0 Å². The summed E-state index contributed by atoms with van der Waals surface area (Å²) in [6, 6.07) is 0.962. The molecule has 0 saturated carbocycles. The highest BCUT2D eigenvalue weighted by Crippen LogP contribution is 2.42. The molecule has 0 bridgehead atoms. The van der Waals surface area contributed by atoms with Crippen molar-refractivity contribution in [3.05, 3.63) is 37.9 Å². The lowest BCUT2D eigenvalue weighted by Gasteiger charge is -2.22. The molecule has 0 aliphatic carbocycles. The van der Waals surface area contributed by atoms with E-state index >= 15 is 0 Å². The first kappa shape index (κ1) is 11.8. The molecule has 0 radical (unpaired) electrons. The quantitative estimate of drug-likeness (QED) is 0.795. The van der Waals surface area contributed by atoms with E-state index in [9.17, 15) is 14.0 Å².